The van der Waals surface area contributed by atoms with Crippen LogP contribution in [0.2, 0.25) is 0 Å². The van der Waals surface area contributed by atoms with Gasteiger partial charge < -0.3 is 19.6 Å². The molecule has 5 nitrogen and oxygen atoms in total. The van der Waals surface area contributed by atoms with Gasteiger partial charge in [-0.05, 0) is 18.2 Å². The molecule has 5 heteroatoms. The summed E-state index contributed by atoms with van der Waals surface area (Å²) in [4.78, 5) is 10.7. The van der Waals surface area contributed by atoms with Gasteiger partial charge in [0, 0.05) is 31.4 Å². The Morgan fingerprint density at radius 2 is 1.81 bits per heavy atom. The Balaban J connectivity index is 2.17. The van der Waals surface area contributed by atoms with E-state index in [9.17, 15) is 4.79 Å². The lowest BCUT2D eigenvalue weighted by Gasteiger charge is -2.13. The Labute approximate surface area is 123 Å². The van der Waals surface area contributed by atoms with E-state index in [0.29, 0.717) is 11.5 Å². The molecule has 2 rings (SSSR count). The minimum atomic E-state index is -0.512. The number of furan rings is 1. The average Bonchev–Trinajstić information content (AvgIpc) is 2.96. The number of rotatable bonds is 6. The van der Waals surface area contributed by atoms with E-state index in [1.54, 1.807) is 20.3 Å². The molecular weight excluding hydrogens is 270 g/mol. The standard InChI is InChI=1S/C16H17NO4/c1-19-16(20-2)12-5-3-11(4-6-12)14-9-7-13(21-14)8-10-15(17)18/h3-10,16H,1-2H3,(H2,17,18)/b10-8-. The fourth-order valence-corrected chi connectivity index (χ4v) is 1.93. The molecule has 1 amide bonds. The van der Waals surface area contributed by atoms with Crippen molar-refractivity contribution in [1.29, 1.82) is 0 Å². The highest BCUT2D eigenvalue weighted by Crippen LogP contribution is 2.25. The van der Waals surface area contributed by atoms with Gasteiger partial charge in [0.1, 0.15) is 11.5 Å². The molecule has 0 aliphatic heterocycles. The molecule has 0 saturated carbocycles. The summed E-state index contributed by atoms with van der Waals surface area (Å²) in [6.07, 6.45) is 2.41. The molecular formula is C16H17NO4. The SMILES string of the molecule is COC(OC)c1ccc(-c2ccc(/C=C\C(N)=O)o2)cc1. The van der Waals surface area contributed by atoms with Crippen LogP contribution in [-0.2, 0) is 14.3 Å². The fourth-order valence-electron chi connectivity index (χ4n) is 1.93. The predicted octanol–water partition coefficient (Wildman–Crippen LogP) is 2.74. The number of carbonyl (C=O) groups is 1. The van der Waals surface area contributed by atoms with Crippen LogP contribution in [0.25, 0.3) is 17.4 Å². The first kappa shape index (κ1) is 15.0. The molecule has 2 aromatic rings. The Kier molecular flexibility index (Phi) is 4.92. The van der Waals surface area contributed by atoms with Gasteiger partial charge in [-0.25, -0.2) is 0 Å². The highest BCUT2D eigenvalue weighted by molar-refractivity contribution is 5.89. The van der Waals surface area contributed by atoms with Gasteiger partial charge >= 0.3 is 0 Å². The predicted molar refractivity (Wildman–Crippen MR) is 79.1 cm³/mol. The largest absolute Gasteiger partial charge is 0.457 e. The molecule has 0 atom stereocenters. The summed E-state index contributed by atoms with van der Waals surface area (Å²) < 4.78 is 16.0. The van der Waals surface area contributed by atoms with Crippen molar-refractivity contribution in [3.05, 3.63) is 53.8 Å². The molecule has 2 N–H and O–H groups in total. The van der Waals surface area contributed by atoms with Gasteiger partial charge in [0.2, 0.25) is 5.91 Å². The number of methoxy groups -OCH3 is 2. The van der Waals surface area contributed by atoms with Crippen LogP contribution < -0.4 is 5.73 Å². The van der Waals surface area contributed by atoms with E-state index in [2.05, 4.69) is 0 Å². The van der Waals surface area contributed by atoms with Gasteiger partial charge in [0.05, 0.1) is 0 Å². The Hall–Kier alpha value is -2.37. The monoisotopic (exact) mass is 287 g/mol. The molecule has 1 aromatic carbocycles. The smallest absolute Gasteiger partial charge is 0.241 e. The number of hydrogen-bond acceptors (Lipinski definition) is 4. The van der Waals surface area contributed by atoms with Crippen molar-refractivity contribution < 1.29 is 18.7 Å². The lowest BCUT2D eigenvalue weighted by Crippen LogP contribution is -2.04. The summed E-state index contributed by atoms with van der Waals surface area (Å²) in [5.74, 6) is 0.763. The molecule has 0 aliphatic carbocycles. The van der Waals surface area contributed by atoms with E-state index in [-0.39, 0.29) is 6.29 Å². The third-order valence-electron chi connectivity index (χ3n) is 2.93. The molecule has 21 heavy (non-hydrogen) atoms. The molecule has 0 radical (unpaired) electrons. The van der Waals surface area contributed by atoms with Crippen LogP contribution in [0.5, 0.6) is 0 Å². The molecule has 0 bridgehead atoms. The molecule has 1 heterocycles. The Bertz CT molecular complexity index is 624. The summed E-state index contributed by atoms with van der Waals surface area (Å²) in [7, 11) is 3.18. The van der Waals surface area contributed by atoms with Crippen LogP contribution in [0, 0.1) is 0 Å². The van der Waals surface area contributed by atoms with Crippen molar-refractivity contribution in [2.75, 3.05) is 14.2 Å². The normalized spacial score (nSPS) is 11.4. The van der Waals surface area contributed by atoms with E-state index in [0.717, 1.165) is 11.1 Å². The van der Waals surface area contributed by atoms with Crippen LogP contribution >= 0.6 is 0 Å². The number of hydrogen-bond donors (Lipinski definition) is 1. The maximum absolute atomic E-state index is 10.7. The highest BCUT2D eigenvalue weighted by atomic mass is 16.7. The van der Waals surface area contributed by atoms with Crippen molar-refractivity contribution in [2.24, 2.45) is 5.73 Å². The summed E-state index contributed by atoms with van der Waals surface area (Å²) in [5, 5.41) is 0. The van der Waals surface area contributed by atoms with E-state index >= 15 is 0 Å². The number of nitrogens with two attached hydrogens (primary N) is 1. The first-order valence-corrected chi connectivity index (χ1v) is 6.37. The second-order valence-corrected chi connectivity index (χ2v) is 4.36. The van der Waals surface area contributed by atoms with Crippen LogP contribution in [0.4, 0.5) is 0 Å². The first-order chi connectivity index (χ1) is 10.1. The van der Waals surface area contributed by atoms with Gasteiger partial charge in [0.25, 0.3) is 0 Å². The van der Waals surface area contributed by atoms with Crippen molar-refractivity contribution in [2.45, 2.75) is 6.29 Å². The second kappa shape index (κ2) is 6.88. The van der Waals surface area contributed by atoms with Gasteiger partial charge in [-0.3, -0.25) is 4.79 Å². The molecule has 0 saturated heterocycles. The Morgan fingerprint density at radius 3 is 2.38 bits per heavy atom. The number of amides is 1. The van der Waals surface area contributed by atoms with E-state index in [1.165, 1.54) is 12.2 Å². The van der Waals surface area contributed by atoms with Crippen molar-refractivity contribution in [3.63, 3.8) is 0 Å². The zero-order chi connectivity index (χ0) is 15.2. The van der Waals surface area contributed by atoms with E-state index in [1.807, 2.05) is 30.3 Å². The van der Waals surface area contributed by atoms with Gasteiger partial charge in [-0.2, -0.15) is 0 Å². The second-order valence-electron chi connectivity index (χ2n) is 4.36. The molecule has 0 fully saturated rings. The van der Waals surface area contributed by atoms with Crippen LogP contribution in [0.1, 0.15) is 17.6 Å². The highest BCUT2D eigenvalue weighted by Gasteiger charge is 2.09. The maximum Gasteiger partial charge on any atom is 0.241 e. The molecule has 0 aliphatic rings. The average molecular weight is 287 g/mol. The van der Waals surface area contributed by atoms with Gasteiger partial charge in [0.15, 0.2) is 6.29 Å². The minimum Gasteiger partial charge on any atom is -0.457 e. The third kappa shape index (κ3) is 3.81. The number of ether oxygens (including phenoxy) is 2. The maximum atomic E-state index is 10.7. The van der Waals surface area contributed by atoms with Crippen LogP contribution in [0.15, 0.2) is 46.9 Å². The van der Waals surface area contributed by atoms with Gasteiger partial charge in [-0.1, -0.05) is 24.3 Å². The van der Waals surface area contributed by atoms with Crippen molar-refractivity contribution in [1.82, 2.24) is 0 Å². The number of benzene rings is 1. The van der Waals surface area contributed by atoms with Gasteiger partial charge in [-0.15, -0.1) is 0 Å². The zero-order valence-corrected chi connectivity index (χ0v) is 11.9. The molecule has 1 aromatic heterocycles. The Morgan fingerprint density at radius 1 is 1.14 bits per heavy atom. The first-order valence-electron chi connectivity index (χ1n) is 6.37. The summed E-state index contributed by atoms with van der Waals surface area (Å²) in [6, 6.07) is 11.3. The molecule has 0 unspecified atom stereocenters. The number of primary amides is 1. The fraction of sp³-hybridized carbons (Fsp3) is 0.188. The van der Waals surface area contributed by atoms with Crippen LogP contribution in [0.3, 0.4) is 0 Å². The van der Waals surface area contributed by atoms with E-state index in [4.69, 9.17) is 19.6 Å². The van der Waals surface area contributed by atoms with Crippen LogP contribution in [-0.4, -0.2) is 20.1 Å². The lowest BCUT2D eigenvalue weighted by molar-refractivity contribution is -0.113. The summed E-state index contributed by atoms with van der Waals surface area (Å²) >= 11 is 0. The zero-order valence-electron chi connectivity index (χ0n) is 11.9. The lowest BCUT2D eigenvalue weighted by atomic mass is 10.1. The number of carbonyl (C=O) groups excluding carboxylic acids is 1. The summed E-state index contributed by atoms with van der Waals surface area (Å²) in [5.41, 5.74) is 6.88. The minimum absolute atomic E-state index is 0.385. The quantitative estimate of drug-likeness (QED) is 0.655. The molecule has 0 spiro atoms. The van der Waals surface area contributed by atoms with E-state index < -0.39 is 5.91 Å². The molecule has 110 valence electrons. The summed E-state index contributed by atoms with van der Waals surface area (Å²) in [6.45, 7) is 0. The van der Waals surface area contributed by atoms with Crippen molar-refractivity contribution in [3.8, 4) is 11.3 Å². The van der Waals surface area contributed by atoms with Crippen molar-refractivity contribution >= 4 is 12.0 Å². The topological polar surface area (TPSA) is 74.7 Å². The third-order valence-corrected chi connectivity index (χ3v) is 2.93.